The Bertz CT molecular complexity index is 583. The highest BCUT2D eigenvalue weighted by atomic mass is 32.1. The molecule has 2 aromatic rings. The zero-order chi connectivity index (χ0) is 12.6. The number of H-pyrrole nitrogens is 1. The Balaban J connectivity index is 2.68. The van der Waals surface area contributed by atoms with Gasteiger partial charge in [0.1, 0.15) is 5.75 Å². The van der Waals surface area contributed by atoms with Gasteiger partial charge in [-0.25, -0.2) is 0 Å². The van der Waals surface area contributed by atoms with E-state index in [2.05, 4.69) is 30.3 Å². The molecule has 1 unspecified atom stereocenters. The fraction of sp³-hybridized carbons (Fsp3) is 0.462. The van der Waals surface area contributed by atoms with Gasteiger partial charge in [-0.2, -0.15) is 0 Å². The van der Waals surface area contributed by atoms with Crippen molar-refractivity contribution in [3.8, 4) is 5.75 Å². The molecule has 0 saturated heterocycles. The normalized spacial score (nSPS) is 13.2. The number of fused-ring (bicyclic) bond motifs is 1. The molecule has 0 amide bonds. The number of imidazole rings is 1. The second-order valence-electron chi connectivity index (χ2n) is 4.67. The second-order valence-corrected chi connectivity index (χ2v) is 5.05. The van der Waals surface area contributed by atoms with Gasteiger partial charge in [-0.3, -0.25) is 0 Å². The topological polar surface area (TPSA) is 29.9 Å². The number of methoxy groups -OCH3 is 1. The summed E-state index contributed by atoms with van der Waals surface area (Å²) in [5, 5.41) is 0. The van der Waals surface area contributed by atoms with Gasteiger partial charge in [-0.05, 0) is 37.2 Å². The number of aromatic nitrogens is 2. The fourth-order valence-corrected chi connectivity index (χ4v) is 2.31. The van der Waals surface area contributed by atoms with Crippen molar-refractivity contribution in [2.45, 2.75) is 26.8 Å². The zero-order valence-electron chi connectivity index (χ0n) is 10.7. The third kappa shape index (κ3) is 2.09. The molecule has 0 fully saturated rings. The number of hydrogen-bond donors (Lipinski definition) is 1. The summed E-state index contributed by atoms with van der Waals surface area (Å²) in [6, 6.07) is 6.34. The smallest absolute Gasteiger partial charge is 0.178 e. The Morgan fingerprint density at radius 2 is 2.00 bits per heavy atom. The van der Waals surface area contributed by atoms with Gasteiger partial charge >= 0.3 is 0 Å². The summed E-state index contributed by atoms with van der Waals surface area (Å²) < 4.78 is 8.20. The molecule has 0 aliphatic heterocycles. The van der Waals surface area contributed by atoms with Crippen LogP contribution in [0, 0.1) is 10.7 Å². The lowest BCUT2D eigenvalue weighted by atomic mass is 10.1. The van der Waals surface area contributed by atoms with Crippen molar-refractivity contribution in [3.63, 3.8) is 0 Å². The molecular weight excluding hydrogens is 232 g/mol. The minimum atomic E-state index is 0.364. The van der Waals surface area contributed by atoms with Crippen molar-refractivity contribution in [1.82, 2.24) is 9.55 Å². The predicted octanol–water partition coefficient (Wildman–Crippen LogP) is 3.92. The maximum atomic E-state index is 5.39. The number of nitrogens with one attached hydrogen (secondary N) is 1. The number of nitrogens with zero attached hydrogens (tertiary/aromatic N) is 1. The van der Waals surface area contributed by atoms with Crippen molar-refractivity contribution in [3.05, 3.63) is 23.0 Å². The van der Waals surface area contributed by atoms with Gasteiger partial charge in [0.25, 0.3) is 0 Å². The molecule has 3 nitrogen and oxygen atoms in total. The summed E-state index contributed by atoms with van der Waals surface area (Å²) >= 11 is 5.39. The lowest BCUT2D eigenvalue weighted by Crippen LogP contribution is -2.11. The van der Waals surface area contributed by atoms with E-state index in [0.29, 0.717) is 12.0 Å². The van der Waals surface area contributed by atoms with Crippen molar-refractivity contribution in [2.24, 2.45) is 5.92 Å². The summed E-state index contributed by atoms with van der Waals surface area (Å²) in [7, 11) is 1.68. The van der Waals surface area contributed by atoms with Gasteiger partial charge in [0.05, 0.1) is 18.1 Å². The predicted molar refractivity (Wildman–Crippen MR) is 73.2 cm³/mol. The molecule has 0 aliphatic rings. The van der Waals surface area contributed by atoms with Crippen LogP contribution in [0.25, 0.3) is 11.0 Å². The van der Waals surface area contributed by atoms with Crippen LogP contribution < -0.4 is 4.74 Å². The van der Waals surface area contributed by atoms with E-state index in [-0.39, 0.29) is 0 Å². The summed E-state index contributed by atoms with van der Waals surface area (Å²) in [6.45, 7) is 6.59. The number of ether oxygens (including phenoxy) is 1. The largest absolute Gasteiger partial charge is 0.497 e. The molecule has 1 heterocycles. The van der Waals surface area contributed by atoms with Gasteiger partial charge in [0.15, 0.2) is 4.77 Å². The summed E-state index contributed by atoms with van der Waals surface area (Å²) in [4.78, 5) is 3.24. The van der Waals surface area contributed by atoms with Crippen molar-refractivity contribution in [1.29, 1.82) is 0 Å². The average Bonchev–Trinajstić information content (AvgIpc) is 2.62. The highest BCUT2D eigenvalue weighted by Crippen LogP contribution is 2.26. The third-order valence-corrected chi connectivity index (χ3v) is 3.60. The average molecular weight is 250 g/mol. The van der Waals surface area contributed by atoms with E-state index in [0.717, 1.165) is 21.6 Å². The molecule has 1 N–H and O–H groups in total. The molecule has 0 radical (unpaired) electrons. The first kappa shape index (κ1) is 12.2. The van der Waals surface area contributed by atoms with E-state index in [1.807, 2.05) is 18.2 Å². The molecule has 92 valence electrons. The molecule has 1 aromatic heterocycles. The summed E-state index contributed by atoms with van der Waals surface area (Å²) in [5.74, 6) is 1.39. The van der Waals surface area contributed by atoms with Gasteiger partial charge in [-0.1, -0.05) is 13.8 Å². The zero-order valence-corrected chi connectivity index (χ0v) is 11.5. The van der Waals surface area contributed by atoms with Gasteiger partial charge in [0.2, 0.25) is 0 Å². The van der Waals surface area contributed by atoms with Crippen LogP contribution in [0.1, 0.15) is 26.8 Å². The van der Waals surface area contributed by atoms with Crippen LogP contribution in [0.3, 0.4) is 0 Å². The molecule has 2 rings (SSSR count). The molecular formula is C13H18N2OS. The molecule has 0 saturated carbocycles. The Morgan fingerprint density at radius 3 is 2.59 bits per heavy atom. The Morgan fingerprint density at radius 1 is 1.29 bits per heavy atom. The van der Waals surface area contributed by atoms with Crippen LogP contribution in [0.2, 0.25) is 0 Å². The lowest BCUT2D eigenvalue weighted by Gasteiger charge is -2.18. The Labute approximate surface area is 106 Å². The molecule has 1 aromatic carbocycles. The molecule has 0 bridgehead atoms. The summed E-state index contributed by atoms with van der Waals surface area (Å²) in [6.07, 6.45) is 0. The van der Waals surface area contributed by atoms with Crippen molar-refractivity contribution >= 4 is 23.3 Å². The maximum absolute atomic E-state index is 5.39. The molecule has 0 spiro atoms. The Kier molecular flexibility index (Phi) is 3.24. The number of rotatable bonds is 3. The van der Waals surface area contributed by atoms with Crippen LogP contribution in [0.4, 0.5) is 0 Å². The van der Waals surface area contributed by atoms with Crippen LogP contribution in [-0.4, -0.2) is 16.7 Å². The third-order valence-electron chi connectivity index (χ3n) is 3.30. The SMILES string of the molecule is COc1ccc2[nH]c(=S)n(C(C)C(C)C)c2c1. The standard InChI is InChI=1S/C13H18N2OS/c1-8(2)9(3)15-12-7-10(16-4)5-6-11(12)14-13(15)17/h5-9H,1-4H3,(H,14,17). The number of aromatic amines is 1. The lowest BCUT2D eigenvalue weighted by molar-refractivity contribution is 0.408. The highest BCUT2D eigenvalue weighted by molar-refractivity contribution is 7.71. The van der Waals surface area contributed by atoms with Crippen molar-refractivity contribution in [2.75, 3.05) is 7.11 Å². The maximum Gasteiger partial charge on any atom is 0.178 e. The minimum absolute atomic E-state index is 0.364. The first-order chi connectivity index (χ1) is 8.04. The van der Waals surface area contributed by atoms with E-state index in [9.17, 15) is 0 Å². The fourth-order valence-electron chi connectivity index (χ4n) is 1.93. The minimum Gasteiger partial charge on any atom is -0.497 e. The van der Waals surface area contributed by atoms with E-state index < -0.39 is 0 Å². The van der Waals surface area contributed by atoms with E-state index in [1.165, 1.54) is 0 Å². The van der Waals surface area contributed by atoms with Gasteiger partial charge in [0, 0.05) is 12.1 Å². The molecule has 1 atom stereocenters. The molecule has 17 heavy (non-hydrogen) atoms. The van der Waals surface area contributed by atoms with E-state index >= 15 is 0 Å². The van der Waals surface area contributed by atoms with Crippen LogP contribution >= 0.6 is 12.2 Å². The van der Waals surface area contributed by atoms with Gasteiger partial charge < -0.3 is 14.3 Å². The van der Waals surface area contributed by atoms with Crippen LogP contribution in [0.5, 0.6) is 5.75 Å². The quantitative estimate of drug-likeness (QED) is 0.837. The van der Waals surface area contributed by atoms with Crippen molar-refractivity contribution < 1.29 is 4.74 Å². The van der Waals surface area contributed by atoms with E-state index in [4.69, 9.17) is 17.0 Å². The van der Waals surface area contributed by atoms with Crippen LogP contribution in [0.15, 0.2) is 18.2 Å². The second kappa shape index (κ2) is 4.53. The first-order valence-electron chi connectivity index (χ1n) is 5.83. The van der Waals surface area contributed by atoms with Crippen LogP contribution in [-0.2, 0) is 0 Å². The summed E-state index contributed by atoms with van der Waals surface area (Å²) in [5.41, 5.74) is 2.17. The number of benzene rings is 1. The number of hydrogen-bond acceptors (Lipinski definition) is 2. The highest BCUT2D eigenvalue weighted by Gasteiger charge is 2.14. The first-order valence-corrected chi connectivity index (χ1v) is 6.23. The molecule has 0 aliphatic carbocycles. The monoisotopic (exact) mass is 250 g/mol. The van der Waals surface area contributed by atoms with Gasteiger partial charge in [-0.15, -0.1) is 0 Å². The van der Waals surface area contributed by atoms with E-state index in [1.54, 1.807) is 7.11 Å². The Hall–Kier alpha value is -1.29. The molecule has 4 heteroatoms.